The summed E-state index contributed by atoms with van der Waals surface area (Å²) in [6.45, 7) is 3.55. The highest BCUT2D eigenvalue weighted by Crippen LogP contribution is 2.25. The summed E-state index contributed by atoms with van der Waals surface area (Å²) < 4.78 is 6.79. The van der Waals surface area contributed by atoms with Gasteiger partial charge in [0.15, 0.2) is 0 Å². The summed E-state index contributed by atoms with van der Waals surface area (Å²) in [6, 6.07) is 5.76. The van der Waals surface area contributed by atoms with E-state index in [2.05, 4.69) is 0 Å². The van der Waals surface area contributed by atoms with Gasteiger partial charge in [-0.25, -0.2) is 0 Å². The maximum absolute atomic E-state index is 11.4. The number of ether oxygens (including phenoxy) is 1. The average Bonchev–Trinajstić information content (AvgIpc) is 2.56. The van der Waals surface area contributed by atoms with Crippen LogP contribution in [0.1, 0.15) is 17.3 Å². The Labute approximate surface area is 88.3 Å². The zero-order chi connectivity index (χ0) is 11.0. The molecule has 78 valence electrons. The number of nitrogens with zero attached hydrogens (tertiary/aromatic N) is 1. The second kappa shape index (κ2) is 3.42. The maximum atomic E-state index is 11.4. The van der Waals surface area contributed by atoms with Gasteiger partial charge in [0.05, 0.1) is 12.6 Å². The van der Waals surface area contributed by atoms with Crippen LogP contribution in [0.15, 0.2) is 24.4 Å². The molecule has 0 radical (unpaired) electrons. The molecule has 3 heteroatoms. The molecule has 0 aliphatic carbocycles. The fraction of sp³-hybridized carbons (Fsp3) is 0.250. The van der Waals surface area contributed by atoms with Crippen LogP contribution >= 0.6 is 0 Å². The first kappa shape index (κ1) is 9.77. The molecule has 0 spiro atoms. The average molecular weight is 203 g/mol. The van der Waals surface area contributed by atoms with Crippen LogP contribution in [0.5, 0.6) is 5.75 Å². The molecule has 15 heavy (non-hydrogen) atoms. The van der Waals surface area contributed by atoms with Crippen molar-refractivity contribution in [2.24, 2.45) is 0 Å². The van der Waals surface area contributed by atoms with Crippen LogP contribution in [0.3, 0.4) is 0 Å². The van der Waals surface area contributed by atoms with E-state index < -0.39 is 0 Å². The second-order valence-corrected chi connectivity index (χ2v) is 3.58. The standard InChI is InChI=1S/C12H13NO2/c1-8-7-13(9(2)14)12-6-10(15-3)4-5-11(8)12/h4-7H,1-3H3. The van der Waals surface area contributed by atoms with E-state index in [0.29, 0.717) is 0 Å². The van der Waals surface area contributed by atoms with Crippen molar-refractivity contribution in [3.05, 3.63) is 30.0 Å². The van der Waals surface area contributed by atoms with Gasteiger partial charge in [-0.3, -0.25) is 9.36 Å². The molecule has 0 aliphatic rings. The Morgan fingerprint density at radius 1 is 1.40 bits per heavy atom. The van der Waals surface area contributed by atoms with E-state index in [1.54, 1.807) is 18.6 Å². The third kappa shape index (κ3) is 1.50. The zero-order valence-electron chi connectivity index (χ0n) is 9.07. The molecule has 3 nitrogen and oxygen atoms in total. The van der Waals surface area contributed by atoms with Gasteiger partial charge in [-0.1, -0.05) is 0 Å². The Kier molecular flexibility index (Phi) is 2.23. The second-order valence-electron chi connectivity index (χ2n) is 3.58. The molecule has 2 aromatic rings. The van der Waals surface area contributed by atoms with Crippen molar-refractivity contribution >= 4 is 16.8 Å². The van der Waals surface area contributed by atoms with E-state index in [1.807, 2.05) is 31.3 Å². The summed E-state index contributed by atoms with van der Waals surface area (Å²) in [5.41, 5.74) is 2.00. The fourth-order valence-electron chi connectivity index (χ4n) is 1.76. The van der Waals surface area contributed by atoms with Crippen molar-refractivity contribution in [1.29, 1.82) is 0 Å². The third-order valence-electron chi connectivity index (χ3n) is 2.55. The van der Waals surface area contributed by atoms with Crippen molar-refractivity contribution in [2.45, 2.75) is 13.8 Å². The van der Waals surface area contributed by atoms with E-state index in [1.165, 1.54) is 0 Å². The molecule has 0 atom stereocenters. The van der Waals surface area contributed by atoms with Gasteiger partial charge in [-0.15, -0.1) is 0 Å². The van der Waals surface area contributed by atoms with Gasteiger partial charge in [0, 0.05) is 24.6 Å². The van der Waals surface area contributed by atoms with E-state index in [-0.39, 0.29) is 5.91 Å². The van der Waals surface area contributed by atoms with Crippen LogP contribution in [0, 0.1) is 6.92 Å². The third-order valence-corrected chi connectivity index (χ3v) is 2.55. The highest BCUT2D eigenvalue weighted by molar-refractivity contribution is 5.94. The molecule has 0 N–H and O–H groups in total. The summed E-state index contributed by atoms with van der Waals surface area (Å²) in [4.78, 5) is 11.4. The van der Waals surface area contributed by atoms with Gasteiger partial charge in [-0.05, 0) is 24.6 Å². The summed E-state index contributed by atoms with van der Waals surface area (Å²) >= 11 is 0. The van der Waals surface area contributed by atoms with Crippen molar-refractivity contribution < 1.29 is 9.53 Å². The van der Waals surface area contributed by atoms with E-state index in [9.17, 15) is 4.79 Å². The molecule has 0 saturated heterocycles. The molecular weight excluding hydrogens is 190 g/mol. The van der Waals surface area contributed by atoms with Gasteiger partial charge < -0.3 is 4.74 Å². The number of fused-ring (bicyclic) bond motifs is 1. The zero-order valence-corrected chi connectivity index (χ0v) is 9.07. The van der Waals surface area contributed by atoms with Gasteiger partial charge in [0.25, 0.3) is 0 Å². The molecule has 0 aliphatic heterocycles. The Balaban J connectivity index is 2.77. The molecule has 1 aromatic carbocycles. The molecule has 0 bridgehead atoms. The molecule has 2 rings (SSSR count). The number of aryl methyl sites for hydroxylation is 1. The van der Waals surface area contributed by atoms with Crippen LogP contribution in [0.25, 0.3) is 10.9 Å². The lowest BCUT2D eigenvalue weighted by Crippen LogP contribution is -2.02. The summed E-state index contributed by atoms with van der Waals surface area (Å²) in [5.74, 6) is 0.782. The molecule has 1 heterocycles. The minimum atomic E-state index is 0.0151. The summed E-state index contributed by atoms with van der Waals surface area (Å²) in [7, 11) is 1.62. The van der Waals surface area contributed by atoms with Gasteiger partial charge >= 0.3 is 0 Å². The highest BCUT2D eigenvalue weighted by Gasteiger charge is 2.08. The van der Waals surface area contributed by atoms with Crippen LogP contribution < -0.4 is 4.74 Å². The van der Waals surface area contributed by atoms with Gasteiger partial charge in [-0.2, -0.15) is 0 Å². The van der Waals surface area contributed by atoms with Gasteiger partial charge in [0.1, 0.15) is 5.75 Å². The van der Waals surface area contributed by atoms with E-state index >= 15 is 0 Å². The van der Waals surface area contributed by atoms with Crippen molar-refractivity contribution in [2.75, 3.05) is 7.11 Å². The quantitative estimate of drug-likeness (QED) is 0.713. The van der Waals surface area contributed by atoms with Crippen LogP contribution in [0.4, 0.5) is 0 Å². The lowest BCUT2D eigenvalue weighted by molar-refractivity contribution is 0.0941. The number of aromatic nitrogens is 1. The highest BCUT2D eigenvalue weighted by atomic mass is 16.5. The Morgan fingerprint density at radius 2 is 2.13 bits per heavy atom. The first-order valence-corrected chi connectivity index (χ1v) is 4.80. The topological polar surface area (TPSA) is 31.2 Å². The molecule has 0 unspecified atom stereocenters. The summed E-state index contributed by atoms with van der Waals surface area (Å²) in [5, 5.41) is 1.09. The van der Waals surface area contributed by atoms with Crippen molar-refractivity contribution in [1.82, 2.24) is 4.57 Å². The van der Waals surface area contributed by atoms with Gasteiger partial charge in [0.2, 0.25) is 5.91 Å². The lowest BCUT2D eigenvalue weighted by atomic mass is 10.2. The minimum Gasteiger partial charge on any atom is -0.497 e. The normalized spacial score (nSPS) is 10.6. The molecule has 0 saturated carbocycles. The number of methoxy groups -OCH3 is 1. The minimum absolute atomic E-state index is 0.0151. The number of rotatable bonds is 1. The van der Waals surface area contributed by atoms with Crippen molar-refractivity contribution in [3.8, 4) is 5.75 Å². The van der Waals surface area contributed by atoms with Crippen LogP contribution in [-0.2, 0) is 0 Å². The predicted octanol–water partition coefficient (Wildman–Crippen LogP) is 2.62. The van der Waals surface area contributed by atoms with Crippen LogP contribution in [0.2, 0.25) is 0 Å². The Bertz CT molecular complexity index is 526. The smallest absolute Gasteiger partial charge is 0.227 e. The first-order valence-electron chi connectivity index (χ1n) is 4.80. The predicted molar refractivity (Wildman–Crippen MR) is 59.5 cm³/mol. The number of carbonyl (C=O) groups excluding carboxylic acids is 1. The molecule has 1 aromatic heterocycles. The lowest BCUT2D eigenvalue weighted by Gasteiger charge is -2.02. The molecule has 0 fully saturated rings. The van der Waals surface area contributed by atoms with E-state index in [4.69, 9.17) is 4.74 Å². The maximum Gasteiger partial charge on any atom is 0.227 e. The SMILES string of the molecule is COc1ccc2c(C)cn(C(C)=O)c2c1. The number of benzene rings is 1. The first-order chi connectivity index (χ1) is 7.13. The number of hydrogen-bond donors (Lipinski definition) is 0. The largest absolute Gasteiger partial charge is 0.497 e. The van der Waals surface area contributed by atoms with E-state index in [0.717, 1.165) is 22.2 Å². The number of hydrogen-bond acceptors (Lipinski definition) is 2. The van der Waals surface area contributed by atoms with Crippen molar-refractivity contribution in [3.63, 3.8) is 0 Å². The molecule has 0 amide bonds. The number of carbonyl (C=O) groups is 1. The Hall–Kier alpha value is -1.77. The monoisotopic (exact) mass is 203 g/mol. The summed E-state index contributed by atoms with van der Waals surface area (Å²) in [6.07, 6.45) is 1.85. The fourth-order valence-corrected chi connectivity index (χ4v) is 1.76. The molecular formula is C12H13NO2. The Morgan fingerprint density at radius 3 is 2.73 bits per heavy atom. The van der Waals surface area contributed by atoms with Crippen LogP contribution in [-0.4, -0.2) is 17.6 Å².